The molecule has 0 aromatic carbocycles. The summed E-state index contributed by atoms with van der Waals surface area (Å²) in [7, 11) is 1.49. The first-order valence-electron chi connectivity index (χ1n) is 5.96. The maximum Gasteiger partial charge on any atom is 0.442 e. The fourth-order valence-corrected chi connectivity index (χ4v) is 2.47. The Morgan fingerprint density at radius 2 is 2.21 bits per heavy atom. The van der Waals surface area contributed by atoms with Crippen LogP contribution in [0.3, 0.4) is 0 Å². The van der Waals surface area contributed by atoms with Crippen LogP contribution in [0.1, 0.15) is 13.3 Å². The van der Waals surface area contributed by atoms with E-state index in [1.54, 1.807) is 0 Å². The fourth-order valence-electron chi connectivity index (χ4n) is 2.02. The summed E-state index contributed by atoms with van der Waals surface area (Å²) in [6.07, 6.45) is 0.490. The highest BCUT2D eigenvalue weighted by atomic mass is 32.2. The minimum atomic E-state index is -4.39. The standard InChI is InChI=1S/C11H18F3NO3S/c1-8-9(3-5-18-8)15(4-6-17-2)10(16)7-19-11(12,13)14/h8-9H,3-7H2,1-2H3. The molecule has 1 fully saturated rings. The largest absolute Gasteiger partial charge is 0.442 e. The lowest BCUT2D eigenvalue weighted by molar-refractivity contribution is -0.132. The van der Waals surface area contributed by atoms with Crippen molar-refractivity contribution in [1.82, 2.24) is 4.90 Å². The smallest absolute Gasteiger partial charge is 0.383 e. The summed E-state index contributed by atoms with van der Waals surface area (Å²) < 4.78 is 46.6. The highest BCUT2D eigenvalue weighted by molar-refractivity contribution is 8.00. The van der Waals surface area contributed by atoms with Crippen molar-refractivity contribution in [3.8, 4) is 0 Å². The number of carbonyl (C=O) groups excluding carboxylic acids is 1. The molecule has 19 heavy (non-hydrogen) atoms. The first kappa shape index (κ1) is 16.6. The number of carbonyl (C=O) groups is 1. The van der Waals surface area contributed by atoms with Crippen molar-refractivity contribution in [2.45, 2.75) is 31.0 Å². The quantitative estimate of drug-likeness (QED) is 0.751. The van der Waals surface area contributed by atoms with Crippen LogP contribution in [0.15, 0.2) is 0 Å². The summed E-state index contributed by atoms with van der Waals surface area (Å²) in [5, 5.41) is 0. The molecule has 1 amide bonds. The molecule has 8 heteroatoms. The van der Waals surface area contributed by atoms with Gasteiger partial charge in [-0.1, -0.05) is 0 Å². The normalized spacial score (nSPS) is 23.6. The van der Waals surface area contributed by atoms with Gasteiger partial charge in [0.25, 0.3) is 0 Å². The van der Waals surface area contributed by atoms with Gasteiger partial charge < -0.3 is 14.4 Å². The van der Waals surface area contributed by atoms with E-state index in [9.17, 15) is 18.0 Å². The van der Waals surface area contributed by atoms with Crippen LogP contribution < -0.4 is 0 Å². The Hall–Kier alpha value is -0.470. The van der Waals surface area contributed by atoms with Crippen LogP contribution in [0.4, 0.5) is 13.2 Å². The zero-order valence-electron chi connectivity index (χ0n) is 10.9. The van der Waals surface area contributed by atoms with E-state index in [0.717, 1.165) is 0 Å². The zero-order valence-corrected chi connectivity index (χ0v) is 11.7. The molecule has 2 unspecified atom stereocenters. The highest BCUT2D eigenvalue weighted by Crippen LogP contribution is 2.30. The molecule has 1 rings (SSSR count). The van der Waals surface area contributed by atoms with E-state index >= 15 is 0 Å². The number of nitrogens with zero attached hydrogens (tertiary/aromatic N) is 1. The second-order valence-electron chi connectivity index (χ2n) is 4.25. The van der Waals surface area contributed by atoms with Gasteiger partial charge >= 0.3 is 5.51 Å². The van der Waals surface area contributed by atoms with E-state index in [2.05, 4.69) is 0 Å². The summed E-state index contributed by atoms with van der Waals surface area (Å²) in [6, 6.07) is -0.170. The summed E-state index contributed by atoms with van der Waals surface area (Å²) in [4.78, 5) is 13.4. The molecule has 0 aromatic heterocycles. The van der Waals surface area contributed by atoms with Crippen LogP contribution in [0.25, 0.3) is 0 Å². The number of alkyl halides is 3. The lowest BCUT2D eigenvalue weighted by Crippen LogP contribution is -2.46. The van der Waals surface area contributed by atoms with Crippen molar-refractivity contribution in [2.75, 3.05) is 32.6 Å². The average molecular weight is 301 g/mol. The predicted molar refractivity (Wildman–Crippen MR) is 65.9 cm³/mol. The van der Waals surface area contributed by atoms with Gasteiger partial charge in [-0.25, -0.2) is 0 Å². The molecule has 1 heterocycles. The van der Waals surface area contributed by atoms with Gasteiger partial charge in [-0.15, -0.1) is 0 Å². The van der Waals surface area contributed by atoms with Gasteiger partial charge in [0.2, 0.25) is 5.91 Å². The average Bonchev–Trinajstić information content (AvgIpc) is 2.73. The Bertz CT molecular complexity index is 301. The second-order valence-corrected chi connectivity index (χ2v) is 5.29. The van der Waals surface area contributed by atoms with Crippen molar-refractivity contribution >= 4 is 17.7 Å². The molecule has 0 spiro atoms. The third kappa shape index (κ3) is 5.58. The SMILES string of the molecule is COCCN(C(=O)CSC(F)(F)F)C1CCOC1C. The zero-order chi connectivity index (χ0) is 14.5. The lowest BCUT2D eigenvalue weighted by atomic mass is 10.1. The van der Waals surface area contributed by atoms with Gasteiger partial charge in [-0.2, -0.15) is 13.2 Å². The van der Waals surface area contributed by atoms with Crippen molar-refractivity contribution in [1.29, 1.82) is 0 Å². The number of halogens is 3. The summed E-state index contributed by atoms with van der Waals surface area (Å²) in [5.74, 6) is -1.13. The van der Waals surface area contributed by atoms with E-state index in [1.165, 1.54) is 12.0 Å². The maximum absolute atomic E-state index is 12.1. The molecule has 0 aromatic rings. The van der Waals surface area contributed by atoms with Crippen LogP contribution in [-0.2, 0) is 14.3 Å². The lowest BCUT2D eigenvalue weighted by Gasteiger charge is -2.30. The predicted octanol–water partition coefficient (Wildman–Crippen LogP) is 1.89. The Kier molecular flexibility index (Phi) is 6.41. The molecular formula is C11H18F3NO3S. The molecule has 0 saturated carbocycles. The van der Waals surface area contributed by atoms with E-state index in [1.807, 2.05) is 6.92 Å². The number of methoxy groups -OCH3 is 1. The van der Waals surface area contributed by atoms with E-state index < -0.39 is 17.2 Å². The molecular weight excluding hydrogens is 283 g/mol. The van der Waals surface area contributed by atoms with E-state index in [4.69, 9.17) is 9.47 Å². The van der Waals surface area contributed by atoms with Crippen LogP contribution in [0.2, 0.25) is 0 Å². The van der Waals surface area contributed by atoms with Gasteiger partial charge in [0.05, 0.1) is 24.5 Å². The van der Waals surface area contributed by atoms with Crippen molar-refractivity contribution in [2.24, 2.45) is 0 Å². The third-order valence-corrected chi connectivity index (χ3v) is 3.67. The molecule has 1 aliphatic heterocycles. The summed E-state index contributed by atoms with van der Waals surface area (Å²) >= 11 is -0.309. The van der Waals surface area contributed by atoms with Crippen molar-refractivity contribution < 1.29 is 27.4 Å². The number of hydrogen-bond acceptors (Lipinski definition) is 4. The van der Waals surface area contributed by atoms with Gasteiger partial charge in [0.1, 0.15) is 0 Å². The maximum atomic E-state index is 12.1. The highest BCUT2D eigenvalue weighted by Gasteiger charge is 2.35. The second kappa shape index (κ2) is 7.35. The topological polar surface area (TPSA) is 38.8 Å². The molecule has 4 nitrogen and oxygen atoms in total. The first-order valence-corrected chi connectivity index (χ1v) is 6.94. The fraction of sp³-hybridized carbons (Fsp3) is 0.909. The molecule has 112 valence electrons. The van der Waals surface area contributed by atoms with Crippen LogP contribution >= 0.6 is 11.8 Å². The Morgan fingerprint density at radius 1 is 1.53 bits per heavy atom. The number of thioether (sulfide) groups is 1. The van der Waals surface area contributed by atoms with E-state index in [0.29, 0.717) is 19.6 Å². The molecule has 0 bridgehead atoms. The molecule has 1 aliphatic rings. The van der Waals surface area contributed by atoms with Gasteiger partial charge in [0, 0.05) is 20.3 Å². The van der Waals surface area contributed by atoms with Crippen LogP contribution in [-0.4, -0.2) is 61.1 Å². The molecule has 1 saturated heterocycles. The van der Waals surface area contributed by atoms with Crippen LogP contribution in [0, 0.1) is 0 Å². The number of amides is 1. The monoisotopic (exact) mass is 301 g/mol. The third-order valence-electron chi connectivity index (χ3n) is 2.95. The number of ether oxygens (including phenoxy) is 2. The molecule has 2 atom stereocenters. The Labute approximate surface area is 114 Å². The first-order chi connectivity index (χ1) is 8.85. The molecule has 0 N–H and O–H groups in total. The molecule has 0 aliphatic carbocycles. The van der Waals surface area contributed by atoms with Crippen molar-refractivity contribution in [3.05, 3.63) is 0 Å². The van der Waals surface area contributed by atoms with Gasteiger partial charge in [0.15, 0.2) is 0 Å². The van der Waals surface area contributed by atoms with E-state index in [-0.39, 0.29) is 30.5 Å². The minimum absolute atomic E-state index is 0.156. The van der Waals surface area contributed by atoms with Gasteiger partial charge in [-0.3, -0.25) is 4.79 Å². The molecule has 0 radical (unpaired) electrons. The van der Waals surface area contributed by atoms with Crippen molar-refractivity contribution in [3.63, 3.8) is 0 Å². The van der Waals surface area contributed by atoms with Gasteiger partial charge in [-0.05, 0) is 25.1 Å². The minimum Gasteiger partial charge on any atom is -0.383 e. The number of rotatable bonds is 6. The Morgan fingerprint density at radius 3 is 2.68 bits per heavy atom. The number of hydrogen-bond donors (Lipinski definition) is 0. The van der Waals surface area contributed by atoms with Crippen LogP contribution in [0.5, 0.6) is 0 Å². The Balaban J connectivity index is 2.59. The summed E-state index contributed by atoms with van der Waals surface area (Å²) in [6.45, 7) is 2.93. The summed E-state index contributed by atoms with van der Waals surface area (Å²) in [5.41, 5.74) is -4.39.